The summed E-state index contributed by atoms with van der Waals surface area (Å²) in [6.45, 7) is 1.87. The van der Waals surface area contributed by atoms with E-state index in [0.29, 0.717) is 0 Å². The molecule has 1 heteroatoms. The lowest BCUT2D eigenvalue weighted by Crippen LogP contribution is -1.90. The van der Waals surface area contributed by atoms with Crippen molar-refractivity contribution >= 4 is 0 Å². The second-order valence-corrected chi connectivity index (χ2v) is 2.13. The molecule has 47 valence electrons. The van der Waals surface area contributed by atoms with E-state index in [0.717, 1.165) is 5.56 Å². The van der Waals surface area contributed by atoms with Gasteiger partial charge in [-0.3, -0.25) is 5.73 Å². The highest BCUT2D eigenvalue weighted by Gasteiger charge is 1.94. The lowest BCUT2D eigenvalue weighted by atomic mass is 10.1. The van der Waals surface area contributed by atoms with E-state index in [1.54, 1.807) is 0 Å². The van der Waals surface area contributed by atoms with Crippen LogP contribution in [0.2, 0.25) is 0 Å². The third-order valence-electron chi connectivity index (χ3n) is 1.30. The molecular weight excluding hydrogens is 110 g/mol. The van der Waals surface area contributed by atoms with Crippen LogP contribution in [0.4, 0.5) is 0 Å². The molecule has 1 radical (unpaired) electrons. The summed E-state index contributed by atoms with van der Waals surface area (Å²) in [6, 6.07) is 9.73. The van der Waals surface area contributed by atoms with Crippen LogP contribution >= 0.6 is 0 Å². The first-order chi connectivity index (χ1) is 4.30. The summed E-state index contributed by atoms with van der Waals surface area (Å²) in [4.78, 5) is 0. The van der Waals surface area contributed by atoms with Gasteiger partial charge in [0.25, 0.3) is 0 Å². The molecule has 0 saturated heterocycles. The number of rotatable bonds is 1. The molecular formula is C8H10N. The van der Waals surface area contributed by atoms with Gasteiger partial charge in [0.1, 0.15) is 0 Å². The standard InChI is InChI=1S/C8H10N/c1-7(9)8-5-3-2-4-6-8/h2-7,9H,1H3/t7-/m0/s1. The van der Waals surface area contributed by atoms with Gasteiger partial charge in [-0.05, 0) is 12.5 Å². The maximum Gasteiger partial charge on any atom is 0.0434 e. The third kappa shape index (κ3) is 1.54. The maximum absolute atomic E-state index is 7.32. The van der Waals surface area contributed by atoms with Crippen LogP contribution in [0, 0.1) is 0 Å². The lowest BCUT2D eigenvalue weighted by molar-refractivity contribution is 0.788. The average molecular weight is 120 g/mol. The van der Waals surface area contributed by atoms with Crippen molar-refractivity contribution in [1.29, 1.82) is 0 Å². The van der Waals surface area contributed by atoms with Gasteiger partial charge in [-0.2, -0.15) is 0 Å². The average Bonchev–Trinajstić information content (AvgIpc) is 1.90. The van der Waals surface area contributed by atoms with E-state index in [9.17, 15) is 0 Å². The van der Waals surface area contributed by atoms with E-state index in [4.69, 9.17) is 5.73 Å². The first-order valence-electron chi connectivity index (χ1n) is 3.07. The molecule has 0 saturated carbocycles. The molecule has 1 aromatic carbocycles. The zero-order chi connectivity index (χ0) is 6.69. The van der Waals surface area contributed by atoms with Crippen molar-refractivity contribution in [2.75, 3.05) is 0 Å². The van der Waals surface area contributed by atoms with E-state index in [1.807, 2.05) is 37.3 Å². The highest BCUT2D eigenvalue weighted by atomic mass is 14.6. The first kappa shape index (κ1) is 6.30. The Morgan fingerprint density at radius 3 is 2.11 bits per heavy atom. The van der Waals surface area contributed by atoms with Crippen molar-refractivity contribution in [3.05, 3.63) is 35.9 Å². The van der Waals surface area contributed by atoms with Crippen LogP contribution in [-0.2, 0) is 0 Å². The molecule has 1 atom stereocenters. The minimum Gasteiger partial charge on any atom is -0.250 e. The fourth-order valence-electron chi connectivity index (χ4n) is 0.742. The summed E-state index contributed by atoms with van der Waals surface area (Å²) < 4.78 is 0. The summed E-state index contributed by atoms with van der Waals surface area (Å²) in [5, 5.41) is 0. The van der Waals surface area contributed by atoms with E-state index in [-0.39, 0.29) is 6.04 Å². The quantitative estimate of drug-likeness (QED) is 0.541. The Hall–Kier alpha value is -0.820. The predicted octanol–water partition coefficient (Wildman–Crippen LogP) is 2.03. The van der Waals surface area contributed by atoms with E-state index in [2.05, 4.69) is 0 Å². The fraction of sp³-hybridized carbons (Fsp3) is 0.250. The lowest BCUT2D eigenvalue weighted by Gasteiger charge is -2.00. The van der Waals surface area contributed by atoms with Crippen molar-refractivity contribution in [2.24, 2.45) is 0 Å². The second kappa shape index (κ2) is 2.65. The van der Waals surface area contributed by atoms with Crippen LogP contribution in [-0.4, -0.2) is 0 Å². The third-order valence-corrected chi connectivity index (χ3v) is 1.30. The van der Waals surface area contributed by atoms with Crippen LogP contribution in [0.5, 0.6) is 0 Å². The molecule has 0 aliphatic heterocycles. The molecule has 1 nitrogen and oxygen atoms in total. The molecule has 0 amide bonds. The molecule has 0 aliphatic carbocycles. The summed E-state index contributed by atoms with van der Waals surface area (Å²) >= 11 is 0. The van der Waals surface area contributed by atoms with Crippen LogP contribution in [0.1, 0.15) is 18.5 Å². The number of nitrogens with one attached hydrogen (secondary N) is 1. The van der Waals surface area contributed by atoms with Crippen molar-refractivity contribution in [1.82, 2.24) is 5.73 Å². The summed E-state index contributed by atoms with van der Waals surface area (Å²) in [5.41, 5.74) is 8.40. The van der Waals surface area contributed by atoms with Gasteiger partial charge in [-0.25, -0.2) is 0 Å². The summed E-state index contributed by atoms with van der Waals surface area (Å²) in [7, 11) is 0. The monoisotopic (exact) mass is 120 g/mol. The van der Waals surface area contributed by atoms with Crippen LogP contribution in [0.3, 0.4) is 0 Å². The second-order valence-electron chi connectivity index (χ2n) is 2.13. The molecule has 0 heterocycles. The Balaban J connectivity index is 2.85. The molecule has 1 rings (SSSR count). The fourth-order valence-corrected chi connectivity index (χ4v) is 0.742. The smallest absolute Gasteiger partial charge is 0.0434 e. The highest BCUT2D eigenvalue weighted by Crippen LogP contribution is 2.08. The van der Waals surface area contributed by atoms with Gasteiger partial charge >= 0.3 is 0 Å². The van der Waals surface area contributed by atoms with Gasteiger partial charge in [0, 0.05) is 6.04 Å². The van der Waals surface area contributed by atoms with Crippen molar-refractivity contribution in [3.8, 4) is 0 Å². The van der Waals surface area contributed by atoms with Crippen molar-refractivity contribution < 1.29 is 0 Å². The van der Waals surface area contributed by atoms with Gasteiger partial charge in [-0.15, -0.1) is 0 Å². The molecule has 0 aliphatic rings. The topological polar surface area (TPSA) is 23.8 Å². The Morgan fingerprint density at radius 1 is 1.22 bits per heavy atom. The number of hydrogen-bond acceptors (Lipinski definition) is 0. The number of benzene rings is 1. The maximum atomic E-state index is 7.32. The van der Waals surface area contributed by atoms with Gasteiger partial charge < -0.3 is 0 Å². The molecule has 0 spiro atoms. The van der Waals surface area contributed by atoms with Crippen LogP contribution in [0.15, 0.2) is 30.3 Å². The summed E-state index contributed by atoms with van der Waals surface area (Å²) in [5.74, 6) is 0. The normalized spacial score (nSPS) is 13.1. The SMILES string of the molecule is C[C@H]([NH])c1ccccc1. The largest absolute Gasteiger partial charge is 0.250 e. The Labute approximate surface area is 55.5 Å². The molecule has 0 unspecified atom stereocenters. The Bertz CT molecular complexity index is 167. The molecule has 0 bridgehead atoms. The zero-order valence-corrected chi connectivity index (χ0v) is 5.46. The van der Waals surface area contributed by atoms with Gasteiger partial charge in [0.15, 0.2) is 0 Å². The Morgan fingerprint density at radius 2 is 1.78 bits per heavy atom. The highest BCUT2D eigenvalue weighted by molar-refractivity contribution is 5.17. The van der Waals surface area contributed by atoms with Crippen molar-refractivity contribution in [2.45, 2.75) is 13.0 Å². The molecule has 9 heavy (non-hydrogen) atoms. The minimum atomic E-state index is -0.0915. The first-order valence-corrected chi connectivity index (χ1v) is 3.07. The van der Waals surface area contributed by atoms with Gasteiger partial charge in [0.2, 0.25) is 0 Å². The molecule has 0 aromatic heterocycles. The Kier molecular flexibility index (Phi) is 1.85. The van der Waals surface area contributed by atoms with Gasteiger partial charge in [-0.1, -0.05) is 30.3 Å². The zero-order valence-electron chi connectivity index (χ0n) is 5.46. The van der Waals surface area contributed by atoms with Crippen molar-refractivity contribution in [3.63, 3.8) is 0 Å². The molecule has 1 N–H and O–H groups in total. The summed E-state index contributed by atoms with van der Waals surface area (Å²) in [6.07, 6.45) is 0. The number of hydrogen-bond donors (Lipinski definition) is 0. The van der Waals surface area contributed by atoms with Crippen LogP contribution in [0.25, 0.3) is 0 Å². The van der Waals surface area contributed by atoms with E-state index < -0.39 is 0 Å². The minimum absolute atomic E-state index is 0.0915. The van der Waals surface area contributed by atoms with E-state index in [1.165, 1.54) is 0 Å². The molecule has 1 aromatic rings. The van der Waals surface area contributed by atoms with Gasteiger partial charge in [0.05, 0.1) is 0 Å². The molecule has 0 fully saturated rings. The predicted molar refractivity (Wildman–Crippen MR) is 38.0 cm³/mol. The van der Waals surface area contributed by atoms with Crippen LogP contribution < -0.4 is 5.73 Å². The van der Waals surface area contributed by atoms with E-state index >= 15 is 0 Å².